The number of aromatic carboxylic acids is 1. The van der Waals surface area contributed by atoms with E-state index < -0.39 is 5.97 Å². The Kier molecular flexibility index (Phi) is 5.44. The minimum absolute atomic E-state index is 0.227. The van der Waals surface area contributed by atoms with Crippen LogP contribution in [0.15, 0.2) is 46.5 Å². The standard InChI is InChI=1S/C12H10N2O6S2/c15-12(16)11-6-10(2-4-14(11)18)22-21-9-1-3-13(17)8(5-9)7-20-19/h1-6,19H,7H2,(H,15,16). The van der Waals surface area contributed by atoms with E-state index in [1.54, 1.807) is 6.07 Å². The molecule has 22 heavy (non-hydrogen) atoms. The van der Waals surface area contributed by atoms with Crippen molar-refractivity contribution in [3.8, 4) is 0 Å². The first kappa shape index (κ1) is 16.4. The summed E-state index contributed by atoms with van der Waals surface area (Å²) in [4.78, 5) is 16.1. The highest BCUT2D eigenvalue weighted by Gasteiger charge is 2.16. The maximum absolute atomic E-state index is 11.4. The second kappa shape index (κ2) is 7.31. The largest absolute Gasteiger partial charge is 0.618 e. The fourth-order valence-corrected chi connectivity index (χ4v) is 3.48. The van der Waals surface area contributed by atoms with Gasteiger partial charge in [-0.05, 0) is 0 Å². The third kappa shape index (κ3) is 4.01. The second-order valence-electron chi connectivity index (χ2n) is 4.00. The van der Waals surface area contributed by atoms with Crippen LogP contribution in [0.4, 0.5) is 0 Å². The Bertz CT molecular complexity index is 697. The highest BCUT2D eigenvalue weighted by Crippen LogP contribution is 2.37. The van der Waals surface area contributed by atoms with Crippen molar-refractivity contribution in [1.82, 2.24) is 0 Å². The summed E-state index contributed by atoms with van der Waals surface area (Å²) in [6, 6.07) is 5.86. The molecule has 2 N–H and O–H groups in total. The molecule has 2 aromatic rings. The van der Waals surface area contributed by atoms with Crippen molar-refractivity contribution in [2.24, 2.45) is 0 Å². The maximum Gasteiger partial charge on any atom is 0.402 e. The lowest BCUT2D eigenvalue weighted by molar-refractivity contribution is -0.619. The smallest absolute Gasteiger partial charge is 0.402 e. The molecule has 0 radical (unpaired) electrons. The number of nitrogens with zero attached hydrogens (tertiary/aromatic N) is 2. The van der Waals surface area contributed by atoms with E-state index in [2.05, 4.69) is 4.89 Å². The van der Waals surface area contributed by atoms with Crippen LogP contribution in [0.25, 0.3) is 0 Å². The van der Waals surface area contributed by atoms with Crippen LogP contribution in [0.5, 0.6) is 0 Å². The van der Waals surface area contributed by atoms with Gasteiger partial charge in [-0.3, -0.25) is 5.26 Å². The Morgan fingerprint density at radius 3 is 2.32 bits per heavy atom. The molecule has 0 unspecified atom stereocenters. The minimum atomic E-state index is -1.31. The number of aromatic nitrogens is 2. The Morgan fingerprint density at radius 1 is 1.14 bits per heavy atom. The van der Waals surface area contributed by atoms with Gasteiger partial charge in [0.1, 0.15) is 0 Å². The van der Waals surface area contributed by atoms with E-state index >= 15 is 0 Å². The van der Waals surface area contributed by atoms with Crippen molar-refractivity contribution in [2.45, 2.75) is 16.4 Å². The molecule has 2 aromatic heterocycles. The molecule has 116 valence electrons. The van der Waals surface area contributed by atoms with Gasteiger partial charge in [0.25, 0.3) is 0 Å². The number of carbonyl (C=O) groups is 1. The Hall–Kier alpha value is -2.01. The molecule has 8 nitrogen and oxygen atoms in total. The van der Waals surface area contributed by atoms with Crippen LogP contribution >= 0.6 is 21.6 Å². The zero-order valence-electron chi connectivity index (χ0n) is 10.9. The van der Waals surface area contributed by atoms with E-state index in [-0.39, 0.29) is 22.7 Å². The predicted octanol–water partition coefficient (Wildman–Crippen LogP) is 1.44. The van der Waals surface area contributed by atoms with Gasteiger partial charge in [-0.25, -0.2) is 9.68 Å². The van der Waals surface area contributed by atoms with Crippen LogP contribution in [0, 0.1) is 10.4 Å². The Balaban J connectivity index is 2.11. The number of hydrogen-bond donors (Lipinski definition) is 2. The number of carboxylic acids is 1. The molecule has 0 spiro atoms. The topological polar surface area (TPSA) is 121 Å². The van der Waals surface area contributed by atoms with Crippen LogP contribution in [0.3, 0.4) is 0 Å². The maximum atomic E-state index is 11.4. The number of hydrogen-bond acceptors (Lipinski definition) is 7. The summed E-state index contributed by atoms with van der Waals surface area (Å²) >= 11 is 0. The summed E-state index contributed by atoms with van der Waals surface area (Å²) in [5.41, 5.74) is -0.143. The number of pyridine rings is 2. The van der Waals surface area contributed by atoms with Gasteiger partial charge in [-0.1, -0.05) is 21.6 Å². The van der Waals surface area contributed by atoms with Gasteiger partial charge in [-0.15, -0.1) is 0 Å². The summed E-state index contributed by atoms with van der Waals surface area (Å²) < 4.78 is 0.840. The van der Waals surface area contributed by atoms with Gasteiger partial charge in [-0.2, -0.15) is 9.46 Å². The summed E-state index contributed by atoms with van der Waals surface area (Å²) in [6.45, 7) is -0.243. The molecule has 0 aromatic carbocycles. The van der Waals surface area contributed by atoms with Crippen molar-refractivity contribution in [3.63, 3.8) is 0 Å². The average Bonchev–Trinajstić information content (AvgIpc) is 2.49. The van der Waals surface area contributed by atoms with Crippen LogP contribution in [-0.4, -0.2) is 16.3 Å². The van der Waals surface area contributed by atoms with Crippen LogP contribution in [-0.2, 0) is 11.5 Å². The minimum Gasteiger partial charge on any atom is -0.618 e. The van der Waals surface area contributed by atoms with Gasteiger partial charge in [0.2, 0.25) is 5.69 Å². The molecular weight excluding hydrogens is 332 g/mol. The molecule has 0 saturated heterocycles. The van der Waals surface area contributed by atoms with Crippen molar-refractivity contribution in [1.29, 1.82) is 0 Å². The first-order chi connectivity index (χ1) is 10.5. The Labute approximate surface area is 132 Å². The molecule has 2 rings (SSSR count). The van der Waals surface area contributed by atoms with Gasteiger partial charge >= 0.3 is 11.7 Å². The lowest BCUT2D eigenvalue weighted by atomic mass is 10.3. The van der Waals surface area contributed by atoms with Crippen LogP contribution in [0.1, 0.15) is 16.2 Å². The van der Waals surface area contributed by atoms with Crippen molar-refractivity contribution in [2.75, 3.05) is 0 Å². The summed E-state index contributed by atoms with van der Waals surface area (Å²) in [5.74, 6) is -1.31. The zero-order chi connectivity index (χ0) is 16.1. The van der Waals surface area contributed by atoms with Crippen LogP contribution in [0.2, 0.25) is 0 Å². The quantitative estimate of drug-likeness (QED) is 0.266. The molecule has 0 amide bonds. The molecule has 0 fully saturated rings. The normalized spacial score (nSPS) is 10.6. The van der Waals surface area contributed by atoms with Crippen molar-refractivity contribution in [3.05, 3.63) is 58.5 Å². The predicted molar refractivity (Wildman–Crippen MR) is 76.9 cm³/mol. The monoisotopic (exact) mass is 342 g/mol. The van der Waals surface area contributed by atoms with Gasteiger partial charge in [0, 0.05) is 34.1 Å². The molecule has 0 aliphatic rings. The van der Waals surface area contributed by atoms with E-state index in [4.69, 9.17) is 10.4 Å². The highest BCUT2D eigenvalue weighted by molar-refractivity contribution is 8.76. The zero-order valence-corrected chi connectivity index (χ0v) is 12.5. The van der Waals surface area contributed by atoms with E-state index in [0.29, 0.717) is 14.5 Å². The molecule has 0 atom stereocenters. The summed E-state index contributed by atoms with van der Waals surface area (Å²) in [6.07, 6.45) is 2.39. The van der Waals surface area contributed by atoms with Gasteiger partial charge in [0.15, 0.2) is 19.0 Å². The molecule has 0 saturated carbocycles. The second-order valence-corrected chi connectivity index (χ2v) is 6.27. The number of rotatable bonds is 6. The third-order valence-corrected chi connectivity index (χ3v) is 4.90. The van der Waals surface area contributed by atoms with E-state index in [0.717, 1.165) is 6.20 Å². The molecular formula is C12H10N2O6S2. The fraction of sp³-hybridized carbons (Fsp3) is 0.0833. The number of carboxylic acid groups (broad SMARTS) is 1. The third-order valence-electron chi connectivity index (χ3n) is 2.52. The summed E-state index contributed by atoms with van der Waals surface area (Å²) in [5, 5.41) is 40.0. The fourth-order valence-electron chi connectivity index (χ4n) is 1.51. The van der Waals surface area contributed by atoms with Crippen molar-refractivity contribution >= 4 is 27.6 Å². The SMILES string of the molecule is O=C(O)c1cc(SSc2cc[n+]([O-])c(COO)c2)cc[n+]1[O-]. The highest BCUT2D eigenvalue weighted by atomic mass is 33.1. The lowest BCUT2D eigenvalue weighted by Gasteiger charge is -2.06. The van der Waals surface area contributed by atoms with E-state index in [1.165, 1.54) is 46.0 Å². The van der Waals surface area contributed by atoms with Gasteiger partial charge in [0.05, 0.1) is 0 Å². The molecule has 0 bridgehead atoms. The molecule has 2 heterocycles. The molecule has 0 aliphatic carbocycles. The van der Waals surface area contributed by atoms with Crippen LogP contribution < -0.4 is 9.46 Å². The molecule has 0 aliphatic heterocycles. The van der Waals surface area contributed by atoms with Gasteiger partial charge < -0.3 is 15.5 Å². The van der Waals surface area contributed by atoms with E-state index in [1.807, 2.05) is 0 Å². The van der Waals surface area contributed by atoms with E-state index in [9.17, 15) is 15.2 Å². The first-order valence-electron chi connectivity index (χ1n) is 5.80. The molecule has 10 heteroatoms. The lowest BCUT2D eigenvalue weighted by Crippen LogP contribution is -2.33. The average molecular weight is 342 g/mol. The van der Waals surface area contributed by atoms with Crippen molar-refractivity contribution < 1.29 is 29.5 Å². The first-order valence-corrected chi connectivity index (χ1v) is 7.95. The summed E-state index contributed by atoms with van der Waals surface area (Å²) in [7, 11) is 2.50. The Morgan fingerprint density at radius 2 is 1.73 bits per heavy atom.